The van der Waals surface area contributed by atoms with E-state index in [1.54, 1.807) is 61.7 Å². The van der Waals surface area contributed by atoms with Gasteiger partial charge in [-0.1, -0.05) is 30.3 Å². The summed E-state index contributed by atoms with van der Waals surface area (Å²) >= 11 is 0. The van der Waals surface area contributed by atoms with Gasteiger partial charge in [0.15, 0.2) is 0 Å². The number of ether oxygens (including phenoxy) is 1. The lowest BCUT2D eigenvalue weighted by molar-refractivity contribution is -0.145. The molecule has 0 spiro atoms. The van der Waals surface area contributed by atoms with Crippen molar-refractivity contribution in [3.63, 3.8) is 0 Å². The largest absolute Gasteiger partial charge is 0.464 e. The Bertz CT molecular complexity index is 1200. The molecule has 1 aromatic heterocycles. The Kier molecular flexibility index (Phi) is 7.86. The van der Waals surface area contributed by atoms with Crippen LogP contribution in [0.2, 0.25) is 0 Å². The first-order valence-corrected chi connectivity index (χ1v) is 10.3. The van der Waals surface area contributed by atoms with E-state index in [0.717, 1.165) is 16.7 Å². The molecule has 0 bridgehead atoms. The van der Waals surface area contributed by atoms with Crippen LogP contribution in [0.15, 0.2) is 72.0 Å². The Morgan fingerprint density at radius 2 is 1.97 bits per heavy atom. The normalized spacial score (nSPS) is 11.5. The van der Waals surface area contributed by atoms with E-state index in [1.165, 1.54) is 6.21 Å². The lowest BCUT2D eigenvalue weighted by Gasteiger charge is -2.18. The number of aromatic nitrogens is 1. The highest BCUT2D eigenvalue weighted by atomic mass is 16.5. The van der Waals surface area contributed by atoms with Gasteiger partial charge in [-0.3, -0.25) is 9.78 Å². The van der Waals surface area contributed by atoms with Crippen molar-refractivity contribution in [2.45, 2.75) is 19.4 Å². The number of nitrogens with one attached hydrogen (secondary N) is 1. The first kappa shape index (κ1) is 23.2. The number of esters is 1. The molecule has 2 aromatic carbocycles. The van der Waals surface area contributed by atoms with Gasteiger partial charge in [-0.15, -0.1) is 0 Å². The van der Waals surface area contributed by atoms with Gasteiger partial charge in [0.2, 0.25) is 0 Å². The van der Waals surface area contributed by atoms with Crippen LogP contribution < -0.4 is 11.2 Å². The minimum Gasteiger partial charge on any atom is -0.464 e. The van der Waals surface area contributed by atoms with Crippen LogP contribution >= 0.6 is 0 Å². The van der Waals surface area contributed by atoms with E-state index in [4.69, 9.17) is 10.6 Å². The Hall–Kier alpha value is -4.51. The van der Waals surface area contributed by atoms with Gasteiger partial charge in [0.1, 0.15) is 6.04 Å². The van der Waals surface area contributed by atoms with Crippen LogP contribution in [0.1, 0.15) is 34.1 Å². The molecular formula is C25H23N5O3. The van der Waals surface area contributed by atoms with E-state index in [2.05, 4.69) is 21.5 Å². The molecule has 166 valence electrons. The summed E-state index contributed by atoms with van der Waals surface area (Å²) in [4.78, 5) is 29.5. The van der Waals surface area contributed by atoms with E-state index >= 15 is 0 Å². The van der Waals surface area contributed by atoms with E-state index in [1.807, 2.05) is 12.1 Å². The van der Waals surface area contributed by atoms with Crippen LogP contribution in [0.5, 0.6) is 0 Å². The molecule has 33 heavy (non-hydrogen) atoms. The summed E-state index contributed by atoms with van der Waals surface area (Å²) in [5, 5.41) is 15.5. The second kappa shape index (κ2) is 11.2. The molecule has 3 aromatic rings. The average molecular weight is 441 g/mol. The predicted molar refractivity (Wildman–Crippen MR) is 124 cm³/mol. The summed E-state index contributed by atoms with van der Waals surface area (Å²) in [5.74, 6) is 4.23. The maximum absolute atomic E-state index is 12.9. The van der Waals surface area contributed by atoms with Gasteiger partial charge in [-0.25, -0.2) is 4.79 Å². The van der Waals surface area contributed by atoms with Crippen LogP contribution in [0, 0.1) is 11.3 Å². The molecule has 3 rings (SSSR count). The molecule has 1 heterocycles. The fraction of sp³-hybridized carbons (Fsp3) is 0.160. The lowest BCUT2D eigenvalue weighted by atomic mass is 9.99. The number of nitrogens with zero attached hydrogens (tertiary/aromatic N) is 3. The zero-order chi connectivity index (χ0) is 23.6. The van der Waals surface area contributed by atoms with Crippen molar-refractivity contribution < 1.29 is 14.3 Å². The Morgan fingerprint density at radius 3 is 2.67 bits per heavy atom. The SMILES string of the molecule is CCOC(=O)C(Cc1ccnc(/C=N\N)c1)NC(=O)c1ccc(-c2ccccc2C#N)cc1. The van der Waals surface area contributed by atoms with Gasteiger partial charge in [-0.05, 0) is 53.9 Å². The van der Waals surface area contributed by atoms with Gasteiger partial charge in [-0.2, -0.15) is 10.4 Å². The monoisotopic (exact) mass is 441 g/mol. The van der Waals surface area contributed by atoms with Gasteiger partial charge in [0, 0.05) is 18.2 Å². The molecule has 0 radical (unpaired) electrons. The van der Waals surface area contributed by atoms with Crippen molar-refractivity contribution in [3.05, 3.63) is 89.2 Å². The molecule has 0 fully saturated rings. The van der Waals surface area contributed by atoms with Crippen LogP contribution in [0.25, 0.3) is 11.1 Å². The van der Waals surface area contributed by atoms with Crippen molar-refractivity contribution >= 4 is 18.1 Å². The molecule has 1 amide bonds. The number of hydrogen-bond acceptors (Lipinski definition) is 7. The molecule has 0 saturated heterocycles. The Morgan fingerprint density at radius 1 is 1.21 bits per heavy atom. The predicted octanol–water partition coefficient (Wildman–Crippen LogP) is 2.82. The number of hydrogen-bond donors (Lipinski definition) is 2. The number of pyridine rings is 1. The minimum atomic E-state index is -0.887. The van der Waals surface area contributed by atoms with Crippen LogP contribution in [-0.2, 0) is 16.0 Å². The smallest absolute Gasteiger partial charge is 0.328 e. The topological polar surface area (TPSA) is 130 Å². The maximum atomic E-state index is 12.9. The number of rotatable bonds is 8. The molecule has 0 aliphatic carbocycles. The number of nitriles is 1. The number of carbonyl (C=O) groups excluding carboxylic acids is 2. The fourth-order valence-corrected chi connectivity index (χ4v) is 3.32. The second-order valence-corrected chi connectivity index (χ2v) is 7.08. The molecular weight excluding hydrogens is 418 g/mol. The lowest BCUT2D eigenvalue weighted by Crippen LogP contribution is -2.43. The minimum absolute atomic E-state index is 0.194. The third-order valence-corrected chi connectivity index (χ3v) is 4.87. The van der Waals surface area contributed by atoms with E-state index in [9.17, 15) is 14.9 Å². The maximum Gasteiger partial charge on any atom is 0.328 e. The van der Waals surface area contributed by atoms with Crippen molar-refractivity contribution in [1.82, 2.24) is 10.3 Å². The molecule has 1 unspecified atom stereocenters. The van der Waals surface area contributed by atoms with Crippen molar-refractivity contribution in [2.24, 2.45) is 10.9 Å². The standard InChI is InChI=1S/C25H23N5O3/c1-2-33-25(32)23(14-17-11-12-28-21(13-17)16-29-27)30-24(31)19-9-7-18(8-10-19)22-6-4-3-5-20(22)15-26/h3-13,16,23H,2,14,27H2,1H3,(H,30,31)/b29-16-. The summed E-state index contributed by atoms with van der Waals surface area (Å²) in [5.41, 5.74) is 3.84. The summed E-state index contributed by atoms with van der Waals surface area (Å²) in [6.45, 7) is 1.90. The van der Waals surface area contributed by atoms with E-state index in [-0.39, 0.29) is 13.0 Å². The summed E-state index contributed by atoms with van der Waals surface area (Å²) in [6, 6.07) is 18.8. The first-order valence-electron chi connectivity index (χ1n) is 10.3. The van der Waals surface area contributed by atoms with E-state index < -0.39 is 17.9 Å². The van der Waals surface area contributed by atoms with Crippen LogP contribution in [0.3, 0.4) is 0 Å². The summed E-state index contributed by atoms with van der Waals surface area (Å²) in [6.07, 6.45) is 3.19. The zero-order valence-electron chi connectivity index (χ0n) is 18.1. The second-order valence-electron chi connectivity index (χ2n) is 7.08. The number of nitrogens with two attached hydrogens (primary N) is 1. The molecule has 8 nitrogen and oxygen atoms in total. The van der Waals surface area contributed by atoms with Crippen molar-refractivity contribution in [3.8, 4) is 17.2 Å². The number of amides is 1. The third-order valence-electron chi connectivity index (χ3n) is 4.87. The van der Waals surface area contributed by atoms with Crippen LogP contribution in [0.4, 0.5) is 0 Å². The molecule has 1 atom stereocenters. The number of carbonyl (C=O) groups is 2. The van der Waals surface area contributed by atoms with Crippen LogP contribution in [-0.4, -0.2) is 35.7 Å². The quantitative estimate of drug-likeness (QED) is 0.239. The Labute approximate surface area is 191 Å². The van der Waals surface area contributed by atoms with E-state index in [0.29, 0.717) is 16.8 Å². The van der Waals surface area contributed by atoms with Gasteiger partial charge >= 0.3 is 5.97 Å². The highest BCUT2D eigenvalue weighted by Crippen LogP contribution is 2.23. The first-order chi connectivity index (χ1) is 16.0. The molecule has 0 saturated carbocycles. The molecule has 8 heteroatoms. The highest BCUT2D eigenvalue weighted by Gasteiger charge is 2.23. The van der Waals surface area contributed by atoms with Crippen molar-refractivity contribution in [1.29, 1.82) is 5.26 Å². The fourth-order valence-electron chi connectivity index (χ4n) is 3.32. The third kappa shape index (κ3) is 6.02. The number of benzene rings is 2. The Balaban J connectivity index is 1.78. The summed E-state index contributed by atoms with van der Waals surface area (Å²) in [7, 11) is 0. The average Bonchev–Trinajstić information content (AvgIpc) is 2.84. The number of hydrazone groups is 1. The van der Waals surface area contributed by atoms with Gasteiger partial charge < -0.3 is 15.9 Å². The molecule has 3 N–H and O–H groups in total. The summed E-state index contributed by atoms with van der Waals surface area (Å²) < 4.78 is 5.15. The van der Waals surface area contributed by atoms with Gasteiger partial charge in [0.05, 0.1) is 30.1 Å². The highest BCUT2D eigenvalue weighted by molar-refractivity contribution is 5.97. The van der Waals surface area contributed by atoms with Gasteiger partial charge in [0.25, 0.3) is 5.91 Å². The molecule has 0 aliphatic rings. The molecule has 0 aliphatic heterocycles. The zero-order valence-corrected chi connectivity index (χ0v) is 18.1. The van der Waals surface area contributed by atoms with Crippen molar-refractivity contribution in [2.75, 3.05) is 6.61 Å².